The lowest BCUT2D eigenvalue weighted by molar-refractivity contribution is 0.293. The van der Waals surface area contributed by atoms with Crippen LogP contribution in [0, 0.1) is 17.7 Å². The molecule has 96 valence electrons. The van der Waals surface area contributed by atoms with Gasteiger partial charge in [-0.2, -0.15) is 0 Å². The molecule has 0 amide bonds. The third-order valence-electron chi connectivity index (χ3n) is 2.22. The Morgan fingerprint density at radius 2 is 2.05 bits per heavy atom. The highest BCUT2D eigenvalue weighted by atomic mass is 19.1. The minimum absolute atomic E-state index is 0.123. The molecule has 19 heavy (non-hydrogen) atoms. The molecule has 0 unspecified atom stereocenters. The fraction of sp³-hybridized carbons (Fsp3) is 0.143. The predicted molar refractivity (Wildman–Crippen MR) is 66.7 cm³/mol. The van der Waals surface area contributed by atoms with Gasteiger partial charge in [-0.3, -0.25) is 0 Å². The van der Waals surface area contributed by atoms with E-state index in [1.807, 2.05) is 0 Å². The van der Waals surface area contributed by atoms with Crippen molar-refractivity contribution in [2.24, 2.45) is 0 Å². The van der Waals surface area contributed by atoms with Gasteiger partial charge in [-0.05, 0) is 18.2 Å². The van der Waals surface area contributed by atoms with Crippen molar-refractivity contribution in [3.8, 4) is 17.6 Å². The van der Waals surface area contributed by atoms with Gasteiger partial charge in [-0.1, -0.05) is 11.8 Å². The van der Waals surface area contributed by atoms with Gasteiger partial charge < -0.3 is 9.84 Å². The summed E-state index contributed by atoms with van der Waals surface area (Å²) < 4.78 is 18.6. The molecule has 0 bridgehead atoms. The maximum absolute atomic E-state index is 13.2. The summed E-state index contributed by atoms with van der Waals surface area (Å²) in [5.74, 6) is 5.56. The Labute approximate surface area is 109 Å². The highest BCUT2D eigenvalue weighted by Crippen LogP contribution is 2.19. The predicted octanol–water partition coefficient (Wildman–Crippen LogP) is 1.54. The highest BCUT2D eigenvalue weighted by Gasteiger charge is 2.05. The quantitative estimate of drug-likeness (QED) is 0.848. The lowest BCUT2D eigenvalue weighted by atomic mass is 10.2. The minimum atomic E-state index is -0.418. The Bertz CT molecular complexity index is 606. The Morgan fingerprint density at radius 1 is 1.26 bits per heavy atom. The molecule has 2 aromatic rings. The van der Waals surface area contributed by atoms with E-state index >= 15 is 0 Å². The van der Waals surface area contributed by atoms with Gasteiger partial charge in [0.25, 0.3) is 0 Å². The monoisotopic (exact) mass is 258 g/mol. The third-order valence-corrected chi connectivity index (χ3v) is 2.22. The average Bonchev–Trinajstić information content (AvgIpc) is 2.45. The molecule has 0 fully saturated rings. The van der Waals surface area contributed by atoms with Crippen molar-refractivity contribution < 1.29 is 14.2 Å². The SMILES string of the molecule is OCC#Cc1ccc(F)cc1OCc1ncccn1. The number of aromatic nitrogens is 2. The number of aliphatic hydroxyl groups excluding tert-OH is 1. The molecule has 0 aliphatic heterocycles. The second-order valence-corrected chi connectivity index (χ2v) is 3.55. The maximum atomic E-state index is 13.2. The van der Waals surface area contributed by atoms with Gasteiger partial charge >= 0.3 is 0 Å². The Hall–Kier alpha value is -2.45. The van der Waals surface area contributed by atoms with Gasteiger partial charge in [-0.15, -0.1) is 0 Å². The van der Waals surface area contributed by atoms with Crippen LogP contribution in [0.4, 0.5) is 4.39 Å². The Morgan fingerprint density at radius 3 is 2.79 bits per heavy atom. The molecule has 0 aliphatic carbocycles. The van der Waals surface area contributed by atoms with Crippen LogP contribution in [0.3, 0.4) is 0 Å². The summed E-state index contributed by atoms with van der Waals surface area (Å²) in [4.78, 5) is 8.00. The van der Waals surface area contributed by atoms with Crippen LogP contribution in [0.15, 0.2) is 36.7 Å². The lowest BCUT2D eigenvalue weighted by Gasteiger charge is -2.07. The molecular formula is C14H11FN2O2. The van der Waals surface area contributed by atoms with Crippen LogP contribution < -0.4 is 4.74 Å². The largest absolute Gasteiger partial charge is 0.484 e. The van der Waals surface area contributed by atoms with Crippen molar-refractivity contribution in [2.45, 2.75) is 6.61 Å². The van der Waals surface area contributed by atoms with Crippen LogP contribution in [0.2, 0.25) is 0 Å². The number of nitrogens with zero attached hydrogens (tertiary/aromatic N) is 2. The van der Waals surface area contributed by atoms with Crippen LogP contribution in [0.5, 0.6) is 5.75 Å². The van der Waals surface area contributed by atoms with Gasteiger partial charge in [0.05, 0.1) is 5.56 Å². The number of hydrogen-bond donors (Lipinski definition) is 1. The maximum Gasteiger partial charge on any atom is 0.166 e. The van der Waals surface area contributed by atoms with Crippen molar-refractivity contribution in [2.75, 3.05) is 6.61 Å². The second-order valence-electron chi connectivity index (χ2n) is 3.55. The zero-order valence-electron chi connectivity index (χ0n) is 10.0. The first-order chi connectivity index (χ1) is 9.29. The van der Waals surface area contributed by atoms with Crippen molar-refractivity contribution in [1.29, 1.82) is 0 Å². The summed E-state index contributed by atoms with van der Waals surface area (Å²) in [6.45, 7) is -0.142. The van der Waals surface area contributed by atoms with Crippen LogP contribution in [-0.4, -0.2) is 21.7 Å². The summed E-state index contributed by atoms with van der Waals surface area (Å²) in [5, 5.41) is 8.67. The molecule has 1 N–H and O–H groups in total. The van der Waals surface area contributed by atoms with Crippen LogP contribution >= 0.6 is 0 Å². The van der Waals surface area contributed by atoms with Gasteiger partial charge in [0, 0.05) is 18.5 Å². The molecule has 0 saturated carbocycles. The molecule has 1 aromatic carbocycles. The van der Waals surface area contributed by atoms with Crippen LogP contribution in [0.25, 0.3) is 0 Å². The fourth-order valence-corrected chi connectivity index (χ4v) is 1.40. The lowest BCUT2D eigenvalue weighted by Crippen LogP contribution is -2.02. The van der Waals surface area contributed by atoms with Crippen molar-refractivity contribution in [1.82, 2.24) is 9.97 Å². The van der Waals surface area contributed by atoms with Crippen molar-refractivity contribution in [3.63, 3.8) is 0 Å². The number of rotatable bonds is 3. The molecular weight excluding hydrogens is 247 g/mol. The van der Waals surface area contributed by atoms with E-state index in [0.717, 1.165) is 0 Å². The summed E-state index contributed by atoms with van der Waals surface area (Å²) >= 11 is 0. The van der Waals surface area contributed by atoms with Gasteiger partial charge in [-0.25, -0.2) is 14.4 Å². The molecule has 0 aliphatic rings. The third kappa shape index (κ3) is 3.76. The summed E-state index contributed by atoms with van der Waals surface area (Å²) in [6, 6.07) is 5.72. The molecule has 5 heteroatoms. The molecule has 0 saturated heterocycles. The Kier molecular flexibility index (Phi) is 4.43. The van der Waals surface area contributed by atoms with E-state index in [-0.39, 0.29) is 13.2 Å². The topological polar surface area (TPSA) is 55.2 Å². The van der Waals surface area contributed by atoms with E-state index in [9.17, 15) is 4.39 Å². The molecule has 0 atom stereocenters. The highest BCUT2D eigenvalue weighted by molar-refractivity contribution is 5.46. The molecule has 0 radical (unpaired) electrons. The number of ether oxygens (including phenoxy) is 1. The van der Waals surface area contributed by atoms with E-state index in [4.69, 9.17) is 9.84 Å². The normalized spacial score (nSPS) is 9.58. The summed E-state index contributed by atoms with van der Waals surface area (Å²) in [7, 11) is 0. The van der Waals surface area contributed by atoms with E-state index in [1.54, 1.807) is 18.5 Å². The number of halogens is 1. The van der Waals surface area contributed by atoms with E-state index in [2.05, 4.69) is 21.8 Å². The average molecular weight is 258 g/mol. The van der Waals surface area contributed by atoms with Gasteiger partial charge in [0.15, 0.2) is 5.82 Å². The first kappa shape index (κ1) is 13.0. The van der Waals surface area contributed by atoms with E-state index in [1.165, 1.54) is 18.2 Å². The molecule has 1 aromatic heterocycles. The first-order valence-corrected chi connectivity index (χ1v) is 5.57. The number of benzene rings is 1. The van der Waals surface area contributed by atoms with E-state index < -0.39 is 5.82 Å². The summed E-state index contributed by atoms with van der Waals surface area (Å²) in [5.41, 5.74) is 0.506. The molecule has 0 spiro atoms. The zero-order chi connectivity index (χ0) is 13.5. The molecule has 4 nitrogen and oxygen atoms in total. The van der Waals surface area contributed by atoms with Gasteiger partial charge in [0.1, 0.15) is 24.8 Å². The number of aliphatic hydroxyl groups is 1. The van der Waals surface area contributed by atoms with Crippen molar-refractivity contribution >= 4 is 0 Å². The molecule has 2 rings (SSSR count). The first-order valence-electron chi connectivity index (χ1n) is 5.57. The van der Waals surface area contributed by atoms with Crippen LogP contribution in [-0.2, 0) is 6.61 Å². The zero-order valence-corrected chi connectivity index (χ0v) is 10.0. The fourth-order valence-electron chi connectivity index (χ4n) is 1.40. The Balaban J connectivity index is 2.16. The number of hydrogen-bond acceptors (Lipinski definition) is 4. The van der Waals surface area contributed by atoms with E-state index in [0.29, 0.717) is 17.1 Å². The van der Waals surface area contributed by atoms with Gasteiger partial charge in [0.2, 0.25) is 0 Å². The van der Waals surface area contributed by atoms with Crippen molar-refractivity contribution in [3.05, 3.63) is 53.9 Å². The smallest absolute Gasteiger partial charge is 0.166 e. The minimum Gasteiger partial charge on any atom is -0.484 e. The summed E-state index contributed by atoms with van der Waals surface area (Å²) in [6.07, 6.45) is 3.20. The molecule has 1 heterocycles. The van der Waals surface area contributed by atoms with Crippen LogP contribution in [0.1, 0.15) is 11.4 Å². The second kappa shape index (κ2) is 6.47. The standard InChI is InChI=1S/C14H11FN2O2/c15-12-5-4-11(3-1-8-18)13(9-12)19-10-14-16-6-2-7-17-14/h2,4-7,9,18H,8,10H2.